The molecule has 0 bridgehead atoms. The van der Waals surface area contributed by atoms with Crippen LogP contribution >= 0.6 is 0 Å². The van der Waals surface area contributed by atoms with Crippen LogP contribution in [-0.2, 0) is 6.42 Å². The minimum Gasteiger partial charge on any atom is -0.389 e. The summed E-state index contributed by atoms with van der Waals surface area (Å²) >= 11 is 0. The average molecular weight is 233 g/mol. The molecular weight excluding hydrogens is 210 g/mol. The number of benzene rings is 1. The molecule has 2 N–H and O–H groups in total. The molecule has 1 aliphatic rings. The van der Waals surface area contributed by atoms with Gasteiger partial charge < -0.3 is 10.4 Å². The lowest BCUT2D eigenvalue weighted by atomic mass is 9.86. The fourth-order valence-corrected chi connectivity index (χ4v) is 2.64. The van der Waals surface area contributed by atoms with E-state index in [1.54, 1.807) is 0 Å². The van der Waals surface area contributed by atoms with Crippen LogP contribution in [0.2, 0.25) is 0 Å². The maximum atomic E-state index is 10.7. The molecule has 94 valence electrons. The van der Waals surface area contributed by atoms with Crippen LogP contribution in [0.15, 0.2) is 18.2 Å². The maximum absolute atomic E-state index is 10.7. The Morgan fingerprint density at radius 1 is 1.24 bits per heavy atom. The van der Waals surface area contributed by atoms with Crippen molar-refractivity contribution in [3.05, 3.63) is 34.9 Å². The molecule has 1 heterocycles. The highest BCUT2D eigenvalue weighted by molar-refractivity contribution is 5.31. The van der Waals surface area contributed by atoms with E-state index >= 15 is 0 Å². The molecule has 1 aliphatic heterocycles. The first-order valence-corrected chi connectivity index (χ1v) is 6.58. The quantitative estimate of drug-likeness (QED) is 0.822. The lowest BCUT2D eigenvalue weighted by Gasteiger charge is -2.27. The van der Waals surface area contributed by atoms with Gasteiger partial charge in [-0.2, -0.15) is 0 Å². The van der Waals surface area contributed by atoms with E-state index in [1.165, 1.54) is 16.7 Å². The van der Waals surface area contributed by atoms with Gasteiger partial charge in [0.25, 0.3) is 0 Å². The van der Waals surface area contributed by atoms with Crippen LogP contribution in [0.25, 0.3) is 0 Å². The fraction of sp³-hybridized carbons (Fsp3) is 0.600. The predicted molar refractivity (Wildman–Crippen MR) is 71.3 cm³/mol. The van der Waals surface area contributed by atoms with Gasteiger partial charge in [-0.05, 0) is 57.3 Å². The van der Waals surface area contributed by atoms with Gasteiger partial charge in [0.15, 0.2) is 0 Å². The van der Waals surface area contributed by atoms with E-state index < -0.39 is 5.60 Å². The van der Waals surface area contributed by atoms with Gasteiger partial charge >= 0.3 is 0 Å². The number of rotatable bonds is 2. The first-order chi connectivity index (χ1) is 8.09. The predicted octanol–water partition coefficient (Wildman–Crippen LogP) is 2.35. The molecule has 0 spiro atoms. The van der Waals surface area contributed by atoms with Gasteiger partial charge in [-0.1, -0.05) is 23.8 Å². The lowest BCUT2D eigenvalue weighted by Crippen LogP contribution is -2.32. The largest absolute Gasteiger partial charge is 0.389 e. The molecule has 0 radical (unpaired) electrons. The average Bonchev–Trinajstić information content (AvgIpc) is 2.49. The van der Waals surface area contributed by atoms with Crippen molar-refractivity contribution in [2.24, 2.45) is 0 Å². The highest BCUT2D eigenvalue weighted by Gasteiger charge is 2.28. The SMILES string of the molecule is Cc1ccc(C)c(CC2(O)CCCNCC2)c1. The second-order valence-electron chi connectivity index (χ2n) is 5.43. The topological polar surface area (TPSA) is 32.3 Å². The Labute approximate surface area is 104 Å². The Morgan fingerprint density at radius 3 is 2.88 bits per heavy atom. The number of hydrogen-bond acceptors (Lipinski definition) is 2. The van der Waals surface area contributed by atoms with E-state index in [0.717, 1.165) is 38.8 Å². The molecule has 1 fully saturated rings. The van der Waals surface area contributed by atoms with Gasteiger partial charge in [0.2, 0.25) is 0 Å². The Morgan fingerprint density at radius 2 is 2.06 bits per heavy atom. The van der Waals surface area contributed by atoms with Crippen molar-refractivity contribution in [2.45, 2.75) is 45.1 Å². The molecule has 0 saturated carbocycles. The Balaban J connectivity index is 2.15. The van der Waals surface area contributed by atoms with E-state index in [1.807, 2.05) is 0 Å². The molecule has 1 aromatic rings. The van der Waals surface area contributed by atoms with Crippen molar-refractivity contribution in [1.82, 2.24) is 5.32 Å². The van der Waals surface area contributed by atoms with E-state index in [-0.39, 0.29) is 0 Å². The standard InChI is InChI=1S/C15H23NO/c1-12-4-5-13(2)14(10-12)11-15(17)6-3-8-16-9-7-15/h4-5,10,16-17H,3,6-9,11H2,1-2H3. The molecule has 1 atom stereocenters. The smallest absolute Gasteiger partial charge is 0.0700 e. The first-order valence-electron chi connectivity index (χ1n) is 6.58. The van der Waals surface area contributed by atoms with Crippen LogP contribution in [0.3, 0.4) is 0 Å². The summed E-state index contributed by atoms with van der Waals surface area (Å²) in [5.41, 5.74) is 3.36. The molecule has 17 heavy (non-hydrogen) atoms. The van der Waals surface area contributed by atoms with Crippen molar-refractivity contribution in [1.29, 1.82) is 0 Å². The molecular formula is C15H23NO. The first kappa shape index (κ1) is 12.6. The number of hydrogen-bond donors (Lipinski definition) is 2. The summed E-state index contributed by atoms with van der Waals surface area (Å²) in [7, 11) is 0. The Kier molecular flexibility index (Phi) is 3.85. The van der Waals surface area contributed by atoms with Gasteiger partial charge in [0, 0.05) is 6.42 Å². The molecule has 1 saturated heterocycles. The summed E-state index contributed by atoms with van der Waals surface area (Å²) in [6, 6.07) is 6.51. The Hall–Kier alpha value is -0.860. The second-order valence-corrected chi connectivity index (χ2v) is 5.43. The van der Waals surface area contributed by atoms with Gasteiger partial charge in [0.05, 0.1) is 5.60 Å². The van der Waals surface area contributed by atoms with E-state index in [9.17, 15) is 5.11 Å². The van der Waals surface area contributed by atoms with Gasteiger partial charge in [-0.25, -0.2) is 0 Å². The van der Waals surface area contributed by atoms with E-state index in [4.69, 9.17) is 0 Å². The molecule has 2 rings (SSSR count). The summed E-state index contributed by atoms with van der Waals surface area (Å²) in [6.45, 7) is 6.21. The zero-order valence-corrected chi connectivity index (χ0v) is 10.9. The van der Waals surface area contributed by atoms with Gasteiger partial charge in [0.1, 0.15) is 0 Å². The lowest BCUT2D eigenvalue weighted by molar-refractivity contribution is 0.0283. The van der Waals surface area contributed by atoms with E-state index in [0.29, 0.717) is 0 Å². The summed E-state index contributed by atoms with van der Waals surface area (Å²) in [5.74, 6) is 0. The van der Waals surface area contributed by atoms with Crippen molar-refractivity contribution in [2.75, 3.05) is 13.1 Å². The van der Waals surface area contributed by atoms with Crippen LogP contribution in [0.4, 0.5) is 0 Å². The molecule has 1 aromatic carbocycles. The van der Waals surface area contributed by atoms with Crippen LogP contribution in [0.1, 0.15) is 36.0 Å². The monoisotopic (exact) mass is 233 g/mol. The normalized spacial score (nSPS) is 25.6. The third-order valence-electron chi connectivity index (χ3n) is 3.79. The number of nitrogens with one attached hydrogen (secondary N) is 1. The number of aryl methyl sites for hydroxylation is 2. The van der Waals surface area contributed by atoms with Crippen molar-refractivity contribution >= 4 is 0 Å². The third-order valence-corrected chi connectivity index (χ3v) is 3.79. The molecule has 2 heteroatoms. The highest BCUT2D eigenvalue weighted by Crippen LogP contribution is 2.26. The summed E-state index contributed by atoms with van der Waals surface area (Å²) in [6.07, 6.45) is 3.64. The molecule has 2 nitrogen and oxygen atoms in total. The van der Waals surface area contributed by atoms with Crippen LogP contribution in [-0.4, -0.2) is 23.8 Å². The maximum Gasteiger partial charge on any atom is 0.0700 e. The summed E-state index contributed by atoms with van der Waals surface area (Å²) < 4.78 is 0. The van der Waals surface area contributed by atoms with Crippen LogP contribution < -0.4 is 5.32 Å². The van der Waals surface area contributed by atoms with Gasteiger partial charge in [-0.3, -0.25) is 0 Å². The van der Waals surface area contributed by atoms with Gasteiger partial charge in [-0.15, -0.1) is 0 Å². The fourth-order valence-electron chi connectivity index (χ4n) is 2.64. The van der Waals surface area contributed by atoms with Crippen molar-refractivity contribution in [3.63, 3.8) is 0 Å². The molecule has 0 aromatic heterocycles. The molecule has 1 unspecified atom stereocenters. The highest BCUT2D eigenvalue weighted by atomic mass is 16.3. The Bertz CT molecular complexity index is 379. The van der Waals surface area contributed by atoms with Crippen molar-refractivity contribution < 1.29 is 5.11 Å². The minimum atomic E-state index is -0.512. The minimum absolute atomic E-state index is 0.512. The third kappa shape index (κ3) is 3.30. The van der Waals surface area contributed by atoms with E-state index in [2.05, 4.69) is 37.4 Å². The van der Waals surface area contributed by atoms with Crippen molar-refractivity contribution in [3.8, 4) is 0 Å². The van der Waals surface area contributed by atoms with Crippen LogP contribution in [0.5, 0.6) is 0 Å². The molecule has 0 aliphatic carbocycles. The summed E-state index contributed by atoms with van der Waals surface area (Å²) in [5, 5.41) is 14.0. The number of aliphatic hydroxyl groups is 1. The summed E-state index contributed by atoms with van der Waals surface area (Å²) in [4.78, 5) is 0. The zero-order valence-electron chi connectivity index (χ0n) is 10.9. The molecule has 0 amide bonds. The van der Waals surface area contributed by atoms with Crippen LogP contribution in [0, 0.1) is 13.8 Å². The second kappa shape index (κ2) is 5.19. The zero-order chi connectivity index (χ0) is 12.3.